The molecule has 2 aromatic carbocycles. The first-order chi connectivity index (χ1) is 21.0. The molecule has 0 fully saturated rings. The number of hydrogen-bond acceptors (Lipinski definition) is 8. The fourth-order valence-electron chi connectivity index (χ4n) is 4.52. The van der Waals surface area contributed by atoms with Crippen LogP contribution in [0.5, 0.6) is 5.75 Å². The van der Waals surface area contributed by atoms with Crippen LogP contribution in [-0.2, 0) is 30.3 Å². The van der Waals surface area contributed by atoms with Crippen molar-refractivity contribution in [1.29, 1.82) is 0 Å². The number of carbonyl (C=O) groups is 4. The Balaban J connectivity index is 2.59. The van der Waals surface area contributed by atoms with Gasteiger partial charge in [0.15, 0.2) is 0 Å². The fraction of sp³-hybridized carbons (Fsp3) is 0.529. The lowest BCUT2D eigenvalue weighted by Gasteiger charge is -2.35. The lowest BCUT2D eigenvalue weighted by atomic mass is 9.98. The molecule has 0 aliphatic rings. The van der Waals surface area contributed by atoms with E-state index in [0.29, 0.717) is 24.0 Å². The van der Waals surface area contributed by atoms with Gasteiger partial charge in [0, 0.05) is 18.7 Å². The Labute approximate surface area is 272 Å². The smallest absolute Gasteiger partial charge is 0.408 e. The number of nitrogens with one attached hydrogen (secondary N) is 2. The standard InChI is InChI=1S/C34H49N3O7S/c1-9-10-18-37(30(40)26(21-45)36-32(42)44-34(6,7)8)28(24-16-17-27(38)22(2)19-24)29(39)35-25(31(41)43-33(3,4)5)20-23-14-12-11-13-15-23/h11-17,19,25-26,28,38,45H,9-10,18,20-21H2,1-8H3,(H,35,39)(H,36,42). The van der Waals surface area contributed by atoms with Crippen LogP contribution in [0.15, 0.2) is 48.5 Å². The molecule has 3 unspecified atom stereocenters. The number of aromatic hydroxyl groups is 1. The predicted molar refractivity (Wildman–Crippen MR) is 177 cm³/mol. The third-order valence-corrected chi connectivity index (χ3v) is 6.96. The second kappa shape index (κ2) is 16.5. The van der Waals surface area contributed by atoms with Crippen molar-refractivity contribution in [3.05, 3.63) is 65.2 Å². The fourth-order valence-corrected chi connectivity index (χ4v) is 4.77. The molecule has 0 radical (unpaired) electrons. The van der Waals surface area contributed by atoms with Gasteiger partial charge >= 0.3 is 12.1 Å². The Morgan fingerprint density at radius 1 is 0.911 bits per heavy atom. The van der Waals surface area contributed by atoms with E-state index in [0.717, 1.165) is 5.56 Å². The van der Waals surface area contributed by atoms with Gasteiger partial charge in [0.05, 0.1) is 0 Å². The number of phenolic OH excluding ortho intramolecular Hbond substituents is 1. The molecule has 248 valence electrons. The van der Waals surface area contributed by atoms with E-state index in [4.69, 9.17) is 9.47 Å². The Morgan fingerprint density at radius 3 is 2.07 bits per heavy atom. The Hall–Kier alpha value is -3.73. The Morgan fingerprint density at radius 2 is 1.53 bits per heavy atom. The third-order valence-electron chi connectivity index (χ3n) is 6.59. The van der Waals surface area contributed by atoms with E-state index >= 15 is 0 Å². The number of alkyl carbamates (subject to hydrolysis) is 1. The summed E-state index contributed by atoms with van der Waals surface area (Å²) in [7, 11) is 0. The highest BCUT2D eigenvalue weighted by atomic mass is 32.1. The van der Waals surface area contributed by atoms with Crippen LogP contribution in [0.3, 0.4) is 0 Å². The van der Waals surface area contributed by atoms with Crippen molar-refractivity contribution < 1.29 is 33.8 Å². The number of amides is 3. The number of benzene rings is 2. The Kier molecular flexibility index (Phi) is 13.8. The van der Waals surface area contributed by atoms with Crippen molar-refractivity contribution in [3.63, 3.8) is 0 Å². The second-order valence-electron chi connectivity index (χ2n) is 13.0. The van der Waals surface area contributed by atoms with E-state index in [1.807, 2.05) is 37.3 Å². The molecule has 3 amide bonds. The molecular formula is C34H49N3O7S. The average molecular weight is 644 g/mol. The van der Waals surface area contributed by atoms with Gasteiger partial charge in [0.1, 0.15) is 35.1 Å². The molecule has 0 heterocycles. The number of phenols is 1. The minimum atomic E-state index is -1.22. The highest BCUT2D eigenvalue weighted by Crippen LogP contribution is 2.28. The molecular weight excluding hydrogens is 594 g/mol. The first-order valence-corrected chi connectivity index (χ1v) is 15.9. The van der Waals surface area contributed by atoms with Gasteiger partial charge in [0.2, 0.25) is 11.8 Å². The van der Waals surface area contributed by atoms with Gasteiger partial charge in [-0.15, -0.1) is 0 Å². The number of thiol groups is 1. The van der Waals surface area contributed by atoms with Crippen LogP contribution >= 0.6 is 12.6 Å². The molecule has 3 atom stereocenters. The minimum Gasteiger partial charge on any atom is -0.508 e. The zero-order chi connectivity index (χ0) is 33.9. The van der Waals surface area contributed by atoms with Crippen LogP contribution in [0.4, 0.5) is 4.79 Å². The molecule has 0 aliphatic carbocycles. The molecule has 0 aromatic heterocycles. The number of unbranched alkanes of at least 4 members (excludes halogenated alkanes) is 1. The number of ether oxygens (including phenoxy) is 2. The highest BCUT2D eigenvalue weighted by Gasteiger charge is 2.38. The van der Waals surface area contributed by atoms with Gasteiger partial charge in [0.25, 0.3) is 0 Å². The SMILES string of the molecule is CCCCN(C(=O)C(CS)NC(=O)OC(C)(C)C)C(C(=O)NC(Cc1ccccc1)C(=O)OC(C)(C)C)c1ccc(O)c(C)c1. The van der Waals surface area contributed by atoms with Crippen molar-refractivity contribution in [2.24, 2.45) is 0 Å². The normalized spacial score (nSPS) is 13.6. The summed E-state index contributed by atoms with van der Waals surface area (Å²) in [4.78, 5) is 55.9. The maximum atomic E-state index is 14.3. The van der Waals surface area contributed by atoms with E-state index in [9.17, 15) is 24.3 Å². The first-order valence-electron chi connectivity index (χ1n) is 15.2. The molecule has 0 aliphatic heterocycles. The summed E-state index contributed by atoms with van der Waals surface area (Å²) in [5.41, 5.74) is 0.128. The number of esters is 1. The number of nitrogens with zero attached hydrogens (tertiary/aromatic N) is 1. The van der Waals surface area contributed by atoms with Gasteiger partial charge in [-0.2, -0.15) is 12.6 Å². The molecule has 45 heavy (non-hydrogen) atoms. The summed E-state index contributed by atoms with van der Waals surface area (Å²) in [5, 5.41) is 15.7. The van der Waals surface area contributed by atoms with Crippen molar-refractivity contribution in [3.8, 4) is 5.75 Å². The van der Waals surface area contributed by atoms with Gasteiger partial charge in [-0.1, -0.05) is 49.7 Å². The molecule has 11 heteroatoms. The van der Waals surface area contributed by atoms with Gasteiger partial charge in [-0.3, -0.25) is 9.59 Å². The van der Waals surface area contributed by atoms with E-state index in [2.05, 4.69) is 23.3 Å². The molecule has 2 rings (SSSR count). The van der Waals surface area contributed by atoms with Crippen molar-refractivity contribution in [1.82, 2.24) is 15.5 Å². The van der Waals surface area contributed by atoms with Crippen LogP contribution < -0.4 is 10.6 Å². The van der Waals surface area contributed by atoms with Crippen molar-refractivity contribution in [2.75, 3.05) is 12.3 Å². The summed E-state index contributed by atoms with van der Waals surface area (Å²) < 4.78 is 11.0. The summed E-state index contributed by atoms with van der Waals surface area (Å²) in [6, 6.07) is 10.5. The van der Waals surface area contributed by atoms with E-state index in [-0.39, 0.29) is 24.5 Å². The van der Waals surface area contributed by atoms with Crippen LogP contribution in [-0.4, -0.2) is 69.5 Å². The number of aryl methyl sites for hydroxylation is 1. The lowest BCUT2D eigenvalue weighted by molar-refractivity contribution is -0.159. The predicted octanol–water partition coefficient (Wildman–Crippen LogP) is 5.26. The number of carbonyl (C=O) groups excluding carboxylic acids is 4. The Bertz CT molecular complexity index is 1310. The molecule has 3 N–H and O–H groups in total. The lowest BCUT2D eigenvalue weighted by Crippen LogP contribution is -2.55. The zero-order valence-corrected chi connectivity index (χ0v) is 28.6. The van der Waals surface area contributed by atoms with Crippen molar-refractivity contribution >= 4 is 36.5 Å². The van der Waals surface area contributed by atoms with Crippen molar-refractivity contribution in [2.45, 2.75) is 104 Å². The minimum absolute atomic E-state index is 0.0277. The topological polar surface area (TPSA) is 134 Å². The molecule has 0 spiro atoms. The van der Waals surface area contributed by atoms with E-state index in [1.165, 1.54) is 11.0 Å². The maximum absolute atomic E-state index is 14.3. The molecule has 10 nitrogen and oxygen atoms in total. The maximum Gasteiger partial charge on any atom is 0.408 e. The largest absolute Gasteiger partial charge is 0.508 e. The third kappa shape index (κ3) is 12.3. The second-order valence-corrected chi connectivity index (χ2v) is 13.4. The first kappa shape index (κ1) is 37.5. The van der Waals surface area contributed by atoms with Crippen LogP contribution in [0.1, 0.15) is 84.0 Å². The van der Waals surface area contributed by atoms with Gasteiger partial charge in [-0.05, 0) is 83.7 Å². The summed E-state index contributed by atoms with van der Waals surface area (Å²) in [6.45, 7) is 14.2. The molecule has 2 aromatic rings. The summed E-state index contributed by atoms with van der Waals surface area (Å²) in [6.07, 6.45) is 0.634. The summed E-state index contributed by atoms with van der Waals surface area (Å²) in [5.74, 6) is -1.82. The number of rotatable bonds is 13. The van der Waals surface area contributed by atoms with E-state index in [1.54, 1.807) is 60.6 Å². The van der Waals surface area contributed by atoms with E-state index < -0.39 is 53.2 Å². The van der Waals surface area contributed by atoms with Crippen LogP contribution in [0.25, 0.3) is 0 Å². The van der Waals surface area contributed by atoms with Crippen LogP contribution in [0, 0.1) is 6.92 Å². The average Bonchev–Trinajstić information content (AvgIpc) is 2.93. The van der Waals surface area contributed by atoms with Gasteiger partial charge in [-0.25, -0.2) is 9.59 Å². The molecule has 0 saturated heterocycles. The molecule has 0 bridgehead atoms. The number of hydrogen-bond donors (Lipinski definition) is 4. The zero-order valence-electron chi connectivity index (χ0n) is 27.7. The quantitative estimate of drug-likeness (QED) is 0.173. The summed E-state index contributed by atoms with van der Waals surface area (Å²) >= 11 is 4.33. The highest BCUT2D eigenvalue weighted by molar-refractivity contribution is 7.80. The molecule has 0 saturated carbocycles. The monoisotopic (exact) mass is 643 g/mol. The van der Waals surface area contributed by atoms with Gasteiger partial charge < -0.3 is 30.1 Å². The van der Waals surface area contributed by atoms with Crippen LogP contribution in [0.2, 0.25) is 0 Å².